The molecule has 0 saturated carbocycles. The molecule has 0 aliphatic rings. The maximum Gasteiger partial charge on any atom is 0.0323 e. The first kappa shape index (κ1) is 14.7. The molecule has 0 fully saturated rings. The zero-order chi connectivity index (χ0) is 14.2. The van der Waals surface area contributed by atoms with Crippen LogP contribution in [0.3, 0.4) is 0 Å². The standard InChI is InChI=1S/C18H24N2/c1-3-4-10-18(16-8-6-5-7-9-16)20-14-17-11-12-19-13-15(17)2/h5-9,11-13,18,20H,3-4,10,14H2,1-2H3. The molecule has 1 aromatic heterocycles. The van der Waals surface area contributed by atoms with E-state index >= 15 is 0 Å². The Morgan fingerprint density at radius 3 is 2.65 bits per heavy atom. The van der Waals surface area contributed by atoms with Gasteiger partial charge < -0.3 is 5.32 Å². The van der Waals surface area contributed by atoms with Gasteiger partial charge in [-0.1, -0.05) is 50.1 Å². The van der Waals surface area contributed by atoms with E-state index in [0.29, 0.717) is 6.04 Å². The van der Waals surface area contributed by atoms with Crippen LogP contribution in [0.4, 0.5) is 0 Å². The molecule has 1 heterocycles. The highest BCUT2D eigenvalue weighted by molar-refractivity contribution is 5.23. The number of benzene rings is 1. The van der Waals surface area contributed by atoms with Crippen LogP contribution in [0.15, 0.2) is 48.8 Å². The van der Waals surface area contributed by atoms with Gasteiger partial charge in [-0.25, -0.2) is 0 Å². The van der Waals surface area contributed by atoms with Crippen molar-refractivity contribution in [1.29, 1.82) is 0 Å². The number of aromatic nitrogens is 1. The van der Waals surface area contributed by atoms with E-state index in [4.69, 9.17) is 0 Å². The van der Waals surface area contributed by atoms with Crippen LogP contribution >= 0.6 is 0 Å². The summed E-state index contributed by atoms with van der Waals surface area (Å²) in [4.78, 5) is 4.15. The summed E-state index contributed by atoms with van der Waals surface area (Å²) in [6, 6.07) is 13.3. The van der Waals surface area contributed by atoms with Gasteiger partial charge in [-0.05, 0) is 36.1 Å². The van der Waals surface area contributed by atoms with Gasteiger partial charge in [-0.3, -0.25) is 4.98 Å². The van der Waals surface area contributed by atoms with Crippen LogP contribution < -0.4 is 5.32 Å². The highest BCUT2D eigenvalue weighted by Crippen LogP contribution is 2.20. The van der Waals surface area contributed by atoms with Gasteiger partial charge in [0.15, 0.2) is 0 Å². The Hall–Kier alpha value is -1.67. The highest BCUT2D eigenvalue weighted by Gasteiger charge is 2.10. The first-order valence-corrected chi connectivity index (χ1v) is 7.49. The zero-order valence-corrected chi connectivity index (χ0v) is 12.5. The maximum absolute atomic E-state index is 4.15. The number of rotatable bonds is 7. The third-order valence-corrected chi connectivity index (χ3v) is 3.72. The van der Waals surface area contributed by atoms with E-state index in [1.165, 1.54) is 36.0 Å². The third-order valence-electron chi connectivity index (χ3n) is 3.72. The topological polar surface area (TPSA) is 24.9 Å². The lowest BCUT2D eigenvalue weighted by atomic mass is 10.0. The lowest BCUT2D eigenvalue weighted by Crippen LogP contribution is -2.21. The second-order valence-corrected chi connectivity index (χ2v) is 5.29. The van der Waals surface area contributed by atoms with Gasteiger partial charge in [0.25, 0.3) is 0 Å². The summed E-state index contributed by atoms with van der Waals surface area (Å²) < 4.78 is 0. The number of hydrogen-bond donors (Lipinski definition) is 1. The molecule has 106 valence electrons. The fraction of sp³-hybridized carbons (Fsp3) is 0.389. The fourth-order valence-electron chi connectivity index (χ4n) is 2.41. The minimum atomic E-state index is 0.434. The number of aryl methyl sites for hydroxylation is 1. The van der Waals surface area contributed by atoms with Crippen LogP contribution in [-0.2, 0) is 6.54 Å². The van der Waals surface area contributed by atoms with Gasteiger partial charge >= 0.3 is 0 Å². The monoisotopic (exact) mass is 268 g/mol. The van der Waals surface area contributed by atoms with Gasteiger partial charge in [0.1, 0.15) is 0 Å². The van der Waals surface area contributed by atoms with Gasteiger partial charge in [0, 0.05) is 25.0 Å². The van der Waals surface area contributed by atoms with Crippen molar-refractivity contribution in [2.75, 3.05) is 0 Å². The van der Waals surface area contributed by atoms with E-state index in [9.17, 15) is 0 Å². The quantitative estimate of drug-likeness (QED) is 0.804. The average Bonchev–Trinajstić information content (AvgIpc) is 2.50. The van der Waals surface area contributed by atoms with Crippen LogP contribution in [0, 0.1) is 6.92 Å². The average molecular weight is 268 g/mol. The molecule has 0 bridgehead atoms. The molecule has 1 atom stereocenters. The number of nitrogens with zero attached hydrogens (tertiary/aromatic N) is 1. The minimum Gasteiger partial charge on any atom is -0.306 e. The first-order chi connectivity index (χ1) is 9.81. The van der Waals surface area contributed by atoms with Crippen LogP contribution in [-0.4, -0.2) is 4.98 Å². The van der Waals surface area contributed by atoms with Crippen LogP contribution in [0.1, 0.15) is 48.9 Å². The van der Waals surface area contributed by atoms with Crippen molar-refractivity contribution in [2.24, 2.45) is 0 Å². The van der Waals surface area contributed by atoms with E-state index in [-0.39, 0.29) is 0 Å². The van der Waals surface area contributed by atoms with Gasteiger partial charge in [0.2, 0.25) is 0 Å². The first-order valence-electron chi connectivity index (χ1n) is 7.49. The minimum absolute atomic E-state index is 0.434. The summed E-state index contributed by atoms with van der Waals surface area (Å²) in [7, 11) is 0. The van der Waals surface area contributed by atoms with Crippen molar-refractivity contribution in [3.63, 3.8) is 0 Å². The SMILES string of the molecule is CCCCC(NCc1ccncc1C)c1ccccc1. The Balaban J connectivity index is 2.03. The van der Waals surface area contributed by atoms with Gasteiger partial charge in [0.05, 0.1) is 0 Å². The van der Waals surface area contributed by atoms with Gasteiger partial charge in [-0.2, -0.15) is 0 Å². The van der Waals surface area contributed by atoms with Crippen molar-refractivity contribution >= 4 is 0 Å². The smallest absolute Gasteiger partial charge is 0.0323 e. The lowest BCUT2D eigenvalue weighted by Gasteiger charge is -2.19. The van der Waals surface area contributed by atoms with Gasteiger partial charge in [-0.15, -0.1) is 0 Å². The lowest BCUT2D eigenvalue weighted by molar-refractivity contribution is 0.480. The van der Waals surface area contributed by atoms with E-state index < -0.39 is 0 Å². The Morgan fingerprint density at radius 1 is 1.15 bits per heavy atom. The molecule has 20 heavy (non-hydrogen) atoms. The number of nitrogens with one attached hydrogen (secondary N) is 1. The van der Waals surface area contributed by atoms with Crippen molar-refractivity contribution < 1.29 is 0 Å². The molecular formula is C18H24N2. The molecule has 0 saturated heterocycles. The fourth-order valence-corrected chi connectivity index (χ4v) is 2.41. The molecule has 1 N–H and O–H groups in total. The molecule has 0 aliphatic carbocycles. The Labute approximate surface area is 122 Å². The Bertz CT molecular complexity index is 508. The van der Waals surface area contributed by atoms with Crippen molar-refractivity contribution in [2.45, 2.75) is 45.7 Å². The third kappa shape index (κ3) is 4.17. The molecule has 0 amide bonds. The molecular weight excluding hydrogens is 244 g/mol. The normalized spacial score (nSPS) is 12.3. The van der Waals surface area contributed by atoms with Crippen molar-refractivity contribution in [1.82, 2.24) is 10.3 Å². The molecule has 2 heteroatoms. The molecule has 0 aliphatic heterocycles. The highest BCUT2D eigenvalue weighted by atomic mass is 14.9. The summed E-state index contributed by atoms with van der Waals surface area (Å²) in [5, 5.41) is 3.70. The Morgan fingerprint density at radius 2 is 1.95 bits per heavy atom. The van der Waals surface area contributed by atoms with E-state index in [1.54, 1.807) is 0 Å². The second-order valence-electron chi connectivity index (χ2n) is 5.29. The van der Waals surface area contributed by atoms with E-state index in [2.05, 4.69) is 60.5 Å². The number of unbranched alkanes of at least 4 members (excludes halogenated alkanes) is 1. The molecule has 0 spiro atoms. The Kier molecular flexibility index (Phi) is 5.75. The van der Waals surface area contributed by atoms with Crippen LogP contribution in [0.5, 0.6) is 0 Å². The molecule has 1 aromatic carbocycles. The predicted octanol–water partition coefficient (Wildman–Crippen LogP) is 4.41. The van der Waals surface area contributed by atoms with Crippen molar-refractivity contribution in [3.05, 3.63) is 65.5 Å². The molecule has 2 rings (SSSR count). The molecule has 0 radical (unpaired) electrons. The summed E-state index contributed by atoms with van der Waals surface area (Å²) in [6.45, 7) is 5.26. The second kappa shape index (κ2) is 7.81. The summed E-state index contributed by atoms with van der Waals surface area (Å²) in [5.41, 5.74) is 3.97. The summed E-state index contributed by atoms with van der Waals surface area (Å²) in [6.07, 6.45) is 7.47. The maximum atomic E-state index is 4.15. The summed E-state index contributed by atoms with van der Waals surface area (Å²) in [5.74, 6) is 0. The molecule has 2 aromatic rings. The van der Waals surface area contributed by atoms with E-state index in [0.717, 1.165) is 6.54 Å². The van der Waals surface area contributed by atoms with Crippen LogP contribution in [0.25, 0.3) is 0 Å². The number of pyridine rings is 1. The predicted molar refractivity (Wildman–Crippen MR) is 84.5 cm³/mol. The largest absolute Gasteiger partial charge is 0.306 e. The summed E-state index contributed by atoms with van der Waals surface area (Å²) >= 11 is 0. The zero-order valence-electron chi connectivity index (χ0n) is 12.5. The number of hydrogen-bond acceptors (Lipinski definition) is 2. The van der Waals surface area contributed by atoms with E-state index in [1.807, 2.05) is 12.4 Å². The molecule has 1 unspecified atom stereocenters. The van der Waals surface area contributed by atoms with Crippen molar-refractivity contribution in [3.8, 4) is 0 Å². The van der Waals surface area contributed by atoms with Crippen LogP contribution in [0.2, 0.25) is 0 Å². The molecule has 2 nitrogen and oxygen atoms in total.